The van der Waals surface area contributed by atoms with E-state index in [1.54, 1.807) is 6.20 Å². The van der Waals surface area contributed by atoms with Crippen molar-refractivity contribution in [2.75, 3.05) is 13.1 Å². The number of rotatable bonds is 2. The van der Waals surface area contributed by atoms with Crippen molar-refractivity contribution in [1.82, 2.24) is 20.3 Å². The molecule has 5 heteroatoms. The van der Waals surface area contributed by atoms with Gasteiger partial charge in [-0.05, 0) is 32.2 Å². The van der Waals surface area contributed by atoms with E-state index >= 15 is 0 Å². The average molecular weight is 236 g/mol. The fourth-order valence-corrected chi connectivity index (χ4v) is 3.28. The lowest BCUT2D eigenvalue weighted by Crippen LogP contribution is -2.49. The van der Waals surface area contributed by atoms with Gasteiger partial charge in [-0.25, -0.2) is 0 Å². The summed E-state index contributed by atoms with van der Waals surface area (Å²) in [5.74, 6) is 0. The van der Waals surface area contributed by atoms with Crippen LogP contribution >= 0.6 is 0 Å². The molecule has 2 fully saturated rings. The van der Waals surface area contributed by atoms with E-state index in [4.69, 9.17) is 0 Å². The van der Waals surface area contributed by atoms with Crippen molar-refractivity contribution < 1.29 is 5.11 Å². The van der Waals surface area contributed by atoms with Crippen LogP contribution in [-0.2, 0) is 5.60 Å². The summed E-state index contributed by atoms with van der Waals surface area (Å²) in [5, 5.41) is 21.2. The normalized spacial score (nSPS) is 32.1. The fraction of sp³-hybridized carbons (Fsp3) is 0.833. The van der Waals surface area contributed by atoms with Crippen LogP contribution in [0.15, 0.2) is 6.20 Å². The average Bonchev–Trinajstić information content (AvgIpc) is 3.03. The Balaban J connectivity index is 1.74. The van der Waals surface area contributed by atoms with Gasteiger partial charge >= 0.3 is 0 Å². The minimum absolute atomic E-state index is 0.675. The number of likely N-dealkylation sites (tertiary alicyclic amines) is 1. The fourth-order valence-electron chi connectivity index (χ4n) is 3.28. The summed E-state index contributed by atoms with van der Waals surface area (Å²) in [6, 6.07) is 0.675. The van der Waals surface area contributed by atoms with E-state index in [2.05, 4.69) is 20.3 Å². The third kappa shape index (κ3) is 2.09. The number of β-amino-alcohol motifs (C(OH)–C–C–N with tert-alkyl or cyclic N) is 1. The summed E-state index contributed by atoms with van der Waals surface area (Å²) >= 11 is 0. The molecule has 1 aromatic rings. The number of hydrogen-bond donors (Lipinski definition) is 2. The number of hydrogen-bond acceptors (Lipinski definition) is 4. The molecule has 2 N–H and O–H groups in total. The molecule has 0 aromatic carbocycles. The SMILES string of the molecule is OC1(c2cn[nH]n2)CCCN(C2CCCC2)C1. The Kier molecular flexibility index (Phi) is 2.88. The molecule has 0 spiro atoms. The molecule has 2 heterocycles. The smallest absolute Gasteiger partial charge is 0.123 e. The Morgan fingerprint density at radius 2 is 2.18 bits per heavy atom. The summed E-state index contributed by atoms with van der Waals surface area (Å²) in [6.07, 6.45) is 8.73. The van der Waals surface area contributed by atoms with E-state index < -0.39 is 5.60 Å². The van der Waals surface area contributed by atoms with Crippen molar-refractivity contribution >= 4 is 0 Å². The highest BCUT2D eigenvalue weighted by Crippen LogP contribution is 2.34. The number of aromatic amines is 1. The van der Waals surface area contributed by atoms with Crippen LogP contribution in [0, 0.1) is 0 Å². The third-order valence-corrected chi connectivity index (χ3v) is 4.23. The van der Waals surface area contributed by atoms with E-state index in [0.29, 0.717) is 18.3 Å². The lowest BCUT2D eigenvalue weighted by molar-refractivity contribution is -0.0509. The van der Waals surface area contributed by atoms with E-state index in [1.807, 2.05) is 0 Å². The van der Waals surface area contributed by atoms with Crippen LogP contribution < -0.4 is 0 Å². The molecule has 0 radical (unpaired) electrons. The largest absolute Gasteiger partial charge is 0.382 e. The molecular weight excluding hydrogens is 216 g/mol. The zero-order valence-electron chi connectivity index (χ0n) is 10.1. The van der Waals surface area contributed by atoms with Gasteiger partial charge in [0.2, 0.25) is 0 Å². The zero-order chi connectivity index (χ0) is 11.7. The molecule has 1 aliphatic carbocycles. The highest BCUT2D eigenvalue weighted by atomic mass is 16.3. The predicted octanol–water partition coefficient (Wildman–Crippen LogP) is 1.03. The van der Waals surface area contributed by atoms with Gasteiger partial charge in [-0.3, -0.25) is 4.90 Å². The lowest BCUT2D eigenvalue weighted by atomic mass is 9.89. The number of piperidine rings is 1. The van der Waals surface area contributed by atoms with Crippen LogP contribution in [0.5, 0.6) is 0 Å². The molecule has 5 nitrogen and oxygen atoms in total. The predicted molar refractivity (Wildman–Crippen MR) is 63.3 cm³/mol. The minimum Gasteiger partial charge on any atom is -0.382 e. The summed E-state index contributed by atoms with van der Waals surface area (Å²) in [7, 11) is 0. The van der Waals surface area contributed by atoms with Gasteiger partial charge < -0.3 is 5.11 Å². The Morgan fingerprint density at radius 3 is 2.88 bits per heavy atom. The van der Waals surface area contributed by atoms with E-state index in [1.165, 1.54) is 25.7 Å². The molecule has 17 heavy (non-hydrogen) atoms. The molecule has 2 aliphatic rings. The van der Waals surface area contributed by atoms with Gasteiger partial charge in [-0.2, -0.15) is 15.4 Å². The first-order valence-corrected chi connectivity index (χ1v) is 6.61. The van der Waals surface area contributed by atoms with Gasteiger partial charge in [0.25, 0.3) is 0 Å². The van der Waals surface area contributed by atoms with Crippen LogP contribution in [-0.4, -0.2) is 44.5 Å². The molecule has 3 rings (SSSR count). The van der Waals surface area contributed by atoms with Gasteiger partial charge in [0.05, 0.1) is 6.20 Å². The maximum atomic E-state index is 10.7. The maximum absolute atomic E-state index is 10.7. The van der Waals surface area contributed by atoms with Crippen LogP contribution in [0.2, 0.25) is 0 Å². The van der Waals surface area contributed by atoms with Gasteiger partial charge in [0, 0.05) is 12.6 Å². The maximum Gasteiger partial charge on any atom is 0.123 e. The van der Waals surface area contributed by atoms with Crippen molar-refractivity contribution in [3.05, 3.63) is 11.9 Å². The summed E-state index contributed by atoms with van der Waals surface area (Å²) in [5.41, 5.74) is -0.103. The Labute approximate surface area is 101 Å². The lowest BCUT2D eigenvalue weighted by Gasteiger charge is -2.41. The highest BCUT2D eigenvalue weighted by Gasteiger charge is 2.39. The Hall–Kier alpha value is -0.940. The molecule has 1 saturated heterocycles. The molecule has 0 amide bonds. The van der Waals surface area contributed by atoms with Gasteiger partial charge in [-0.1, -0.05) is 12.8 Å². The van der Waals surface area contributed by atoms with Crippen molar-refractivity contribution in [3.8, 4) is 0 Å². The standard InChI is InChI=1S/C12H20N4O/c17-12(11-8-13-15-14-11)6-3-7-16(9-12)10-4-1-2-5-10/h8,10,17H,1-7,9H2,(H,13,14,15). The number of H-pyrrole nitrogens is 1. The highest BCUT2D eigenvalue weighted by molar-refractivity contribution is 5.09. The Bertz CT molecular complexity index is 361. The molecule has 1 aliphatic heterocycles. The molecule has 1 saturated carbocycles. The number of nitrogens with zero attached hydrogens (tertiary/aromatic N) is 3. The second kappa shape index (κ2) is 4.38. The monoisotopic (exact) mass is 236 g/mol. The van der Waals surface area contributed by atoms with Gasteiger partial charge in [-0.15, -0.1) is 0 Å². The number of aliphatic hydroxyl groups is 1. The van der Waals surface area contributed by atoms with Crippen molar-refractivity contribution in [1.29, 1.82) is 0 Å². The van der Waals surface area contributed by atoms with Crippen molar-refractivity contribution in [2.45, 2.75) is 50.2 Å². The van der Waals surface area contributed by atoms with Crippen LogP contribution in [0.4, 0.5) is 0 Å². The summed E-state index contributed by atoms with van der Waals surface area (Å²) < 4.78 is 0. The Morgan fingerprint density at radius 1 is 1.35 bits per heavy atom. The minimum atomic E-state index is -0.798. The topological polar surface area (TPSA) is 65.0 Å². The first kappa shape index (κ1) is 11.2. The summed E-state index contributed by atoms with van der Waals surface area (Å²) in [4.78, 5) is 2.45. The summed E-state index contributed by atoms with van der Waals surface area (Å²) in [6.45, 7) is 1.83. The van der Waals surface area contributed by atoms with Crippen molar-refractivity contribution in [2.24, 2.45) is 0 Å². The molecular formula is C12H20N4O. The van der Waals surface area contributed by atoms with E-state index in [-0.39, 0.29) is 0 Å². The quantitative estimate of drug-likeness (QED) is 0.805. The molecule has 0 bridgehead atoms. The van der Waals surface area contributed by atoms with E-state index in [0.717, 1.165) is 19.4 Å². The van der Waals surface area contributed by atoms with Crippen LogP contribution in [0.1, 0.15) is 44.2 Å². The second-order valence-electron chi connectivity index (χ2n) is 5.40. The van der Waals surface area contributed by atoms with E-state index in [9.17, 15) is 5.11 Å². The zero-order valence-corrected chi connectivity index (χ0v) is 10.1. The van der Waals surface area contributed by atoms with Crippen LogP contribution in [0.3, 0.4) is 0 Å². The van der Waals surface area contributed by atoms with Gasteiger partial charge in [0.1, 0.15) is 11.3 Å². The van der Waals surface area contributed by atoms with Gasteiger partial charge in [0.15, 0.2) is 0 Å². The molecule has 1 atom stereocenters. The van der Waals surface area contributed by atoms with Crippen molar-refractivity contribution in [3.63, 3.8) is 0 Å². The number of aromatic nitrogens is 3. The first-order valence-electron chi connectivity index (χ1n) is 6.61. The first-order chi connectivity index (χ1) is 8.28. The molecule has 1 unspecified atom stereocenters. The van der Waals surface area contributed by atoms with Crippen LogP contribution in [0.25, 0.3) is 0 Å². The number of nitrogens with one attached hydrogen (secondary N) is 1. The third-order valence-electron chi connectivity index (χ3n) is 4.23. The molecule has 1 aromatic heterocycles. The second-order valence-corrected chi connectivity index (χ2v) is 5.40. The molecule has 94 valence electrons.